The van der Waals surface area contributed by atoms with Gasteiger partial charge in [0.05, 0.1) is 19.1 Å². The van der Waals surface area contributed by atoms with Gasteiger partial charge >= 0.3 is 11.9 Å². The molecule has 5 nitrogen and oxygen atoms in total. The molecule has 0 saturated heterocycles. The molecule has 0 N–H and O–H groups in total. The average Bonchev–Trinajstić information content (AvgIpc) is 2.45. The predicted molar refractivity (Wildman–Crippen MR) is 83.5 cm³/mol. The van der Waals surface area contributed by atoms with Gasteiger partial charge in [-0.1, -0.05) is 6.42 Å². The van der Waals surface area contributed by atoms with E-state index in [2.05, 4.69) is 0 Å². The van der Waals surface area contributed by atoms with Crippen molar-refractivity contribution < 1.29 is 23.8 Å². The second kappa shape index (κ2) is 9.82. The van der Waals surface area contributed by atoms with E-state index in [-0.39, 0.29) is 30.1 Å². The predicted octanol–water partition coefficient (Wildman–Crippen LogP) is 3.39. The van der Waals surface area contributed by atoms with Gasteiger partial charge in [0.25, 0.3) is 0 Å². The number of rotatable bonds is 9. The molecular formula is C17H30O5. The van der Waals surface area contributed by atoms with Crippen molar-refractivity contribution in [3.8, 4) is 0 Å². The minimum atomic E-state index is -0.367. The monoisotopic (exact) mass is 314 g/mol. The number of hydrogen-bond donors (Lipinski definition) is 0. The minimum absolute atomic E-state index is 0.168. The second-order valence-corrected chi connectivity index (χ2v) is 5.96. The van der Waals surface area contributed by atoms with Gasteiger partial charge in [-0.15, -0.1) is 0 Å². The largest absolute Gasteiger partial charge is 0.466 e. The highest BCUT2D eigenvalue weighted by Crippen LogP contribution is 2.36. The fourth-order valence-electron chi connectivity index (χ4n) is 3.21. The topological polar surface area (TPSA) is 61.8 Å². The summed E-state index contributed by atoms with van der Waals surface area (Å²) in [5, 5.41) is 0. The van der Waals surface area contributed by atoms with Crippen LogP contribution in [0.4, 0.5) is 0 Å². The first-order valence-electron chi connectivity index (χ1n) is 8.48. The highest BCUT2D eigenvalue weighted by atomic mass is 16.6. The Morgan fingerprint density at radius 1 is 1.09 bits per heavy atom. The van der Waals surface area contributed by atoms with Crippen LogP contribution in [0.25, 0.3) is 0 Å². The number of esters is 2. The van der Waals surface area contributed by atoms with E-state index in [4.69, 9.17) is 14.2 Å². The van der Waals surface area contributed by atoms with Crippen molar-refractivity contribution in [1.82, 2.24) is 0 Å². The Hall–Kier alpha value is -1.10. The van der Waals surface area contributed by atoms with E-state index in [0.29, 0.717) is 19.6 Å². The van der Waals surface area contributed by atoms with Gasteiger partial charge in [0, 0.05) is 13.5 Å². The maximum atomic E-state index is 11.6. The van der Waals surface area contributed by atoms with Crippen LogP contribution >= 0.6 is 0 Å². The zero-order valence-corrected chi connectivity index (χ0v) is 14.2. The van der Waals surface area contributed by atoms with E-state index in [9.17, 15) is 9.59 Å². The van der Waals surface area contributed by atoms with Gasteiger partial charge in [0.15, 0.2) is 0 Å². The zero-order chi connectivity index (χ0) is 16.4. The van der Waals surface area contributed by atoms with Crippen LogP contribution in [0, 0.1) is 0 Å². The van der Waals surface area contributed by atoms with Crippen LogP contribution in [0.1, 0.15) is 72.1 Å². The molecule has 128 valence electrons. The van der Waals surface area contributed by atoms with E-state index in [1.54, 1.807) is 6.92 Å². The Labute approximate surface area is 133 Å². The molecule has 5 heteroatoms. The molecule has 0 bridgehead atoms. The molecule has 0 aromatic rings. The van der Waals surface area contributed by atoms with E-state index >= 15 is 0 Å². The third kappa shape index (κ3) is 6.77. The Kier molecular flexibility index (Phi) is 8.46. The molecule has 0 amide bonds. The van der Waals surface area contributed by atoms with E-state index in [0.717, 1.165) is 32.1 Å². The zero-order valence-electron chi connectivity index (χ0n) is 14.2. The molecule has 0 radical (unpaired) electrons. The van der Waals surface area contributed by atoms with Crippen LogP contribution < -0.4 is 0 Å². The molecule has 1 saturated carbocycles. The van der Waals surface area contributed by atoms with E-state index < -0.39 is 0 Å². The lowest BCUT2D eigenvalue weighted by Gasteiger charge is -2.37. The number of carbonyl (C=O) groups is 2. The Balaban J connectivity index is 2.58. The van der Waals surface area contributed by atoms with Crippen LogP contribution in [0.2, 0.25) is 0 Å². The number of carbonyl (C=O) groups excluding carboxylic acids is 2. The maximum Gasteiger partial charge on any atom is 0.308 e. The van der Waals surface area contributed by atoms with E-state index in [1.807, 2.05) is 6.92 Å². The molecule has 1 fully saturated rings. The van der Waals surface area contributed by atoms with Gasteiger partial charge in [-0.05, 0) is 52.4 Å². The molecule has 0 spiro atoms. The first-order valence-corrected chi connectivity index (χ1v) is 8.48. The van der Waals surface area contributed by atoms with Crippen LogP contribution in [0.5, 0.6) is 0 Å². The van der Waals surface area contributed by atoms with Gasteiger partial charge in [0.2, 0.25) is 0 Å². The summed E-state index contributed by atoms with van der Waals surface area (Å²) in [6.45, 7) is 6.13. The lowest BCUT2D eigenvalue weighted by Crippen LogP contribution is -2.38. The second-order valence-electron chi connectivity index (χ2n) is 5.96. The Morgan fingerprint density at radius 3 is 2.32 bits per heavy atom. The molecule has 1 atom stereocenters. The quantitative estimate of drug-likeness (QED) is 0.610. The van der Waals surface area contributed by atoms with Gasteiger partial charge in [-0.3, -0.25) is 9.59 Å². The SMILES string of the molecule is CCOC(=O)CC(CCC1(OC(C)=O)CCCCC1)OCC. The van der Waals surface area contributed by atoms with Gasteiger partial charge in [0.1, 0.15) is 5.60 Å². The van der Waals surface area contributed by atoms with Crippen LogP contribution in [-0.4, -0.2) is 36.9 Å². The average molecular weight is 314 g/mol. The molecule has 0 aliphatic heterocycles. The Morgan fingerprint density at radius 2 is 1.77 bits per heavy atom. The summed E-state index contributed by atoms with van der Waals surface area (Å²) in [6.07, 6.45) is 6.73. The summed E-state index contributed by atoms with van der Waals surface area (Å²) in [5.41, 5.74) is -0.367. The highest BCUT2D eigenvalue weighted by molar-refractivity contribution is 5.69. The first kappa shape index (κ1) is 18.9. The van der Waals surface area contributed by atoms with Crippen molar-refractivity contribution in [2.75, 3.05) is 13.2 Å². The van der Waals surface area contributed by atoms with Crippen LogP contribution in [0.15, 0.2) is 0 Å². The fraction of sp³-hybridized carbons (Fsp3) is 0.882. The third-order valence-electron chi connectivity index (χ3n) is 4.15. The minimum Gasteiger partial charge on any atom is -0.466 e. The normalized spacial score (nSPS) is 18.5. The first-order chi connectivity index (χ1) is 10.5. The molecule has 1 aliphatic carbocycles. The lowest BCUT2D eigenvalue weighted by molar-refractivity contribution is -0.163. The summed E-state index contributed by atoms with van der Waals surface area (Å²) in [4.78, 5) is 23.1. The maximum absolute atomic E-state index is 11.6. The molecule has 0 aromatic carbocycles. The van der Waals surface area contributed by atoms with Crippen molar-refractivity contribution >= 4 is 11.9 Å². The number of ether oxygens (including phenoxy) is 3. The third-order valence-corrected chi connectivity index (χ3v) is 4.15. The Bertz CT molecular complexity index is 347. The standard InChI is InChI=1S/C17H30O5/c1-4-20-15(13-16(19)21-5-2)9-12-17(22-14(3)18)10-7-6-8-11-17/h15H,4-13H2,1-3H3. The van der Waals surface area contributed by atoms with Crippen molar-refractivity contribution in [1.29, 1.82) is 0 Å². The highest BCUT2D eigenvalue weighted by Gasteiger charge is 2.35. The fourth-order valence-corrected chi connectivity index (χ4v) is 3.21. The summed E-state index contributed by atoms with van der Waals surface area (Å²) in [6, 6.07) is 0. The van der Waals surface area contributed by atoms with Gasteiger partial charge in [-0.25, -0.2) is 0 Å². The van der Waals surface area contributed by atoms with Crippen molar-refractivity contribution in [3.63, 3.8) is 0 Å². The number of hydrogen-bond acceptors (Lipinski definition) is 5. The van der Waals surface area contributed by atoms with Crippen LogP contribution in [-0.2, 0) is 23.8 Å². The molecule has 1 aliphatic rings. The molecule has 0 heterocycles. The van der Waals surface area contributed by atoms with Crippen molar-refractivity contribution in [2.24, 2.45) is 0 Å². The smallest absolute Gasteiger partial charge is 0.308 e. The summed E-state index contributed by atoms with van der Waals surface area (Å²) in [7, 11) is 0. The molecule has 1 rings (SSSR count). The molecule has 1 unspecified atom stereocenters. The van der Waals surface area contributed by atoms with E-state index in [1.165, 1.54) is 13.3 Å². The summed E-state index contributed by atoms with van der Waals surface area (Å²) >= 11 is 0. The van der Waals surface area contributed by atoms with Crippen molar-refractivity contribution in [2.45, 2.75) is 83.8 Å². The van der Waals surface area contributed by atoms with Gasteiger partial charge in [-0.2, -0.15) is 0 Å². The van der Waals surface area contributed by atoms with Gasteiger partial charge < -0.3 is 14.2 Å². The lowest BCUT2D eigenvalue weighted by atomic mass is 9.80. The summed E-state index contributed by atoms with van der Waals surface area (Å²) in [5.74, 6) is -0.452. The van der Waals surface area contributed by atoms with Crippen molar-refractivity contribution in [3.05, 3.63) is 0 Å². The summed E-state index contributed by atoms with van der Waals surface area (Å²) < 4.78 is 16.3. The molecule has 22 heavy (non-hydrogen) atoms. The molecular weight excluding hydrogens is 284 g/mol. The molecule has 0 aromatic heterocycles. The van der Waals surface area contributed by atoms with Crippen LogP contribution in [0.3, 0.4) is 0 Å².